The Labute approximate surface area is 146 Å². The molecule has 0 fully saturated rings. The zero-order valence-electron chi connectivity index (χ0n) is 13.3. The summed E-state index contributed by atoms with van der Waals surface area (Å²) in [5.74, 6) is -0.929. The lowest BCUT2D eigenvalue weighted by atomic mass is 10.1. The first kappa shape index (κ1) is 18.0. The predicted octanol–water partition coefficient (Wildman–Crippen LogP) is 3.72. The normalized spacial score (nSPS) is 10.4. The predicted molar refractivity (Wildman–Crippen MR) is 94.5 cm³/mol. The molecule has 0 atom stereocenters. The third kappa shape index (κ3) is 6.05. The highest BCUT2D eigenvalue weighted by Crippen LogP contribution is 2.11. The first-order chi connectivity index (χ1) is 11.5. The molecule has 0 unspecified atom stereocenters. The molecule has 0 aromatic heterocycles. The monoisotopic (exact) mass is 345 g/mol. The fourth-order valence-electron chi connectivity index (χ4n) is 2.40. The number of aromatic carboxylic acids is 1. The van der Waals surface area contributed by atoms with Gasteiger partial charge in [0.1, 0.15) is 0 Å². The van der Waals surface area contributed by atoms with Crippen molar-refractivity contribution in [3.63, 3.8) is 0 Å². The fraction of sp³-hybridized carbons (Fsp3) is 0.263. The maximum Gasteiger partial charge on any atom is 0.335 e. The number of amides is 1. The Bertz CT molecular complexity index is 698. The second-order valence-electron chi connectivity index (χ2n) is 5.59. The minimum Gasteiger partial charge on any atom is -0.478 e. The molecule has 5 heteroatoms. The van der Waals surface area contributed by atoms with Gasteiger partial charge in [0, 0.05) is 18.0 Å². The zero-order valence-corrected chi connectivity index (χ0v) is 14.1. The van der Waals surface area contributed by atoms with E-state index in [9.17, 15) is 9.59 Å². The Balaban J connectivity index is 1.67. The summed E-state index contributed by atoms with van der Waals surface area (Å²) in [5, 5.41) is 12.5. The third-order valence-electron chi connectivity index (χ3n) is 3.69. The number of carboxylic acid groups (broad SMARTS) is 1. The van der Waals surface area contributed by atoms with E-state index in [2.05, 4.69) is 5.32 Å². The van der Waals surface area contributed by atoms with Gasteiger partial charge in [-0.25, -0.2) is 4.79 Å². The van der Waals surface area contributed by atoms with E-state index in [1.165, 1.54) is 0 Å². The number of carboxylic acids is 1. The van der Waals surface area contributed by atoms with Gasteiger partial charge < -0.3 is 10.4 Å². The van der Waals surface area contributed by atoms with Crippen LogP contribution in [0.3, 0.4) is 0 Å². The number of hydrogen-bond acceptors (Lipinski definition) is 2. The lowest BCUT2D eigenvalue weighted by Gasteiger charge is -2.06. The Morgan fingerprint density at radius 1 is 1.00 bits per heavy atom. The second kappa shape index (κ2) is 9.08. The van der Waals surface area contributed by atoms with Crippen LogP contribution in [0, 0.1) is 0 Å². The van der Waals surface area contributed by atoms with E-state index in [1.54, 1.807) is 18.2 Å². The number of hydrogen-bond donors (Lipinski definition) is 2. The van der Waals surface area contributed by atoms with Crippen molar-refractivity contribution in [2.45, 2.75) is 25.7 Å². The number of aryl methyl sites for hydroxylation is 1. The molecule has 2 N–H and O–H groups in total. The molecule has 24 heavy (non-hydrogen) atoms. The van der Waals surface area contributed by atoms with Crippen LogP contribution in [0.4, 0.5) is 0 Å². The van der Waals surface area contributed by atoms with Gasteiger partial charge in [-0.15, -0.1) is 0 Å². The van der Waals surface area contributed by atoms with E-state index in [0.29, 0.717) is 24.4 Å². The Morgan fingerprint density at radius 3 is 2.46 bits per heavy atom. The summed E-state index contributed by atoms with van der Waals surface area (Å²) < 4.78 is 0. The lowest BCUT2D eigenvalue weighted by molar-refractivity contribution is -0.121. The Morgan fingerprint density at radius 2 is 1.75 bits per heavy atom. The van der Waals surface area contributed by atoms with Crippen molar-refractivity contribution in [2.24, 2.45) is 0 Å². The number of rotatable bonds is 8. The van der Waals surface area contributed by atoms with Gasteiger partial charge in [-0.2, -0.15) is 0 Å². The molecule has 2 aromatic rings. The molecule has 2 rings (SSSR count). The highest BCUT2D eigenvalue weighted by atomic mass is 35.5. The maximum atomic E-state index is 11.8. The summed E-state index contributed by atoms with van der Waals surface area (Å²) in [4.78, 5) is 22.7. The standard InChI is InChI=1S/C19H20ClNO3/c20-17-9-7-14(8-10-17)3-2-6-18(22)21-12-11-15-4-1-5-16(13-15)19(23)24/h1,4-5,7-10,13H,2-3,6,11-12H2,(H,21,22)(H,23,24). The molecule has 1 amide bonds. The first-order valence-electron chi connectivity index (χ1n) is 7.88. The quantitative estimate of drug-likeness (QED) is 0.766. The van der Waals surface area contributed by atoms with Crippen LogP contribution in [0.15, 0.2) is 48.5 Å². The van der Waals surface area contributed by atoms with Crippen molar-refractivity contribution in [3.05, 3.63) is 70.2 Å². The molecule has 0 radical (unpaired) electrons. The average Bonchev–Trinajstić information content (AvgIpc) is 2.57. The van der Waals surface area contributed by atoms with E-state index < -0.39 is 5.97 Å². The molecule has 0 aliphatic carbocycles. The van der Waals surface area contributed by atoms with Crippen LogP contribution in [-0.2, 0) is 17.6 Å². The van der Waals surface area contributed by atoms with Gasteiger partial charge in [0.05, 0.1) is 5.56 Å². The van der Waals surface area contributed by atoms with Crippen LogP contribution < -0.4 is 5.32 Å². The molecule has 0 saturated carbocycles. The van der Waals surface area contributed by atoms with E-state index in [0.717, 1.165) is 24.0 Å². The molecule has 0 bridgehead atoms. The number of benzene rings is 2. The van der Waals surface area contributed by atoms with Gasteiger partial charge in [-0.3, -0.25) is 4.79 Å². The highest BCUT2D eigenvalue weighted by molar-refractivity contribution is 6.30. The van der Waals surface area contributed by atoms with Crippen LogP contribution in [0.5, 0.6) is 0 Å². The van der Waals surface area contributed by atoms with Crippen LogP contribution in [0.2, 0.25) is 5.02 Å². The SMILES string of the molecule is O=C(CCCc1ccc(Cl)cc1)NCCc1cccc(C(=O)O)c1. The molecule has 4 nitrogen and oxygen atoms in total. The molecule has 0 saturated heterocycles. The third-order valence-corrected chi connectivity index (χ3v) is 3.94. The van der Waals surface area contributed by atoms with E-state index in [1.807, 2.05) is 30.3 Å². The Kier molecular flexibility index (Phi) is 6.82. The van der Waals surface area contributed by atoms with Gasteiger partial charge in [0.2, 0.25) is 5.91 Å². The molecular weight excluding hydrogens is 326 g/mol. The minimum absolute atomic E-state index is 0.0124. The van der Waals surface area contributed by atoms with Crippen molar-refractivity contribution in [3.8, 4) is 0 Å². The largest absolute Gasteiger partial charge is 0.478 e. The average molecular weight is 346 g/mol. The van der Waals surface area contributed by atoms with Gasteiger partial charge in [-0.05, 0) is 54.7 Å². The lowest BCUT2D eigenvalue weighted by Crippen LogP contribution is -2.25. The van der Waals surface area contributed by atoms with Gasteiger partial charge in [0.15, 0.2) is 0 Å². The van der Waals surface area contributed by atoms with Gasteiger partial charge in [-0.1, -0.05) is 35.9 Å². The summed E-state index contributed by atoms with van der Waals surface area (Å²) in [5.41, 5.74) is 2.33. The minimum atomic E-state index is -0.942. The molecule has 2 aromatic carbocycles. The fourth-order valence-corrected chi connectivity index (χ4v) is 2.52. The highest BCUT2D eigenvalue weighted by Gasteiger charge is 2.05. The van der Waals surface area contributed by atoms with Crippen molar-refractivity contribution < 1.29 is 14.7 Å². The Hall–Kier alpha value is -2.33. The summed E-state index contributed by atoms with van der Waals surface area (Å²) in [6, 6.07) is 14.4. The number of carbonyl (C=O) groups is 2. The molecule has 0 heterocycles. The van der Waals surface area contributed by atoms with Crippen LogP contribution in [0.1, 0.15) is 34.3 Å². The molecule has 126 valence electrons. The first-order valence-corrected chi connectivity index (χ1v) is 8.26. The van der Waals surface area contributed by atoms with Crippen molar-refractivity contribution in [1.82, 2.24) is 5.32 Å². The van der Waals surface area contributed by atoms with Crippen LogP contribution >= 0.6 is 11.6 Å². The van der Waals surface area contributed by atoms with Crippen LogP contribution in [-0.4, -0.2) is 23.5 Å². The van der Waals surface area contributed by atoms with Gasteiger partial charge >= 0.3 is 5.97 Å². The molecule has 0 spiro atoms. The second-order valence-corrected chi connectivity index (χ2v) is 6.02. The van der Waals surface area contributed by atoms with E-state index in [4.69, 9.17) is 16.7 Å². The number of carbonyl (C=O) groups excluding carboxylic acids is 1. The van der Waals surface area contributed by atoms with E-state index >= 15 is 0 Å². The summed E-state index contributed by atoms with van der Waals surface area (Å²) >= 11 is 5.83. The zero-order chi connectivity index (χ0) is 17.4. The van der Waals surface area contributed by atoms with Crippen molar-refractivity contribution in [1.29, 1.82) is 0 Å². The summed E-state index contributed by atoms with van der Waals surface area (Å²) in [6.45, 7) is 0.503. The van der Waals surface area contributed by atoms with Gasteiger partial charge in [0.25, 0.3) is 0 Å². The number of nitrogens with one attached hydrogen (secondary N) is 1. The van der Waals surface area contributed by atoms with Crippen LogP contribution in [0.25, 0.3) is 0 Å². The summed E-state index contributed by atoms with van der Waals surface area (Å²) in [6.07, 6.45) is 2.70. The van der Waals surface area contributed by atoms with Crippen molar-refractivity contribution in [2.75, 3.05) is 6.54 Å². The topological polar surface area (TPSA) is 66.4 Å². The maximum absolute atomic E-state index is 11.8. The smallest absolute Gasteiger partial charge is 0.335 e. The van der Waals surface area contributed by atoms with Crippen molar-refractivity contribution >= 4 is 23.5 Å². The van der Waals surface area contributed by atoms with E-state index in [-0.39, 0.29) is 11.5 Å². The summed E-state index contributed by atoms with van der Waals surface area (Å²) in [7, 11) is 0. The molecule has 0 aliphatic rings. The molecular formula is C19H20ClNO3. The number of halogens is 1. The molecule has 0 aliphatic heterocycles.